The third kappa shape index (κ3) is 3.46. The van der Waals surface area contributed by atoms with Crippen LogP contribution in [0.3, 0.4) is 0 Å². The first-order valence-electron chi connectivity index (χ1n) is 7.52. The summed E-state index contributed by atoms with van der Waals surface area (Å²) >= 11 is 1.78. The van der Waals surface area contributed by atoms with E-state index in [4.69, 9.17) is 4.74 Å². The van der Waals surface area contributed by atoms with E-state index in [0.717, 1.165) is 12.2 Å². The van der Waals surface area contributed by atoms with Gasteiger partial charge < -0.3 is 14.7 Å². The van der Waals surface area contributed by atoms with Gasteiger partial charge in [0.2, 0.25) is 0 Å². The Bertz CT molecular complexity index is 659. The highest BCUT2D eigenvalue weighted by Crippen LogP contribution is 2.37. The Kier molecular flexibility index (Phi) is 4.71. The van der Waals surface area contributed by atoms with E-state index in [1.165, 1.54) is 20.9 Å². The SMILES string of the molecule is Cc1ccc(Sc2ccccc2N2CCOC(O)C2)c(C)c1. The number of nitrogens with zero attached hydrogens (tertiary/aromatic N) is 1. The standard InChI is InChI=1S/C18H21NO2S/c1-13-7-8-16(14(2)11-13)22-17-6-4-3-5-15(17)19-9-10-21-18(20)12-19/h3-8,11,18,20H,9-10,12H2,1-2H3. The van der Waals surface area contributed by atoms with E-state index in [9.17, 15) is 5.11 Å². The first kappa shape index (κ1) is 15.4. The van der Waals surface area contributed by atoms with Crippen molar-refractivity contribution in [3.05, 3.63) is 53.6 Å². The van der Waals surface area contributed by atoms with Gasteiger partial charge in [0.25, 0.3) is 0 Å². The second-order valence-corrected chi connectivity index (χ2v) is 6.69. The number of hydrogen-bond donors (Lipinski definition) is 1. The number of anilines is 1. The quantitative estimate of drug-likeness (QED) is 0.938. The van der Waals surface area contributed by atoms with Crippen LogP contribution in [-0.4, -0.2) is 31.1 Å². The number of benzene rings is 2. The van der Waals surface area contributed by atoms with E-state index in [1.807, 2.05) is 6.07 Å². The second kappa shape index (κ2) is 6.73. The fourth-order valence-electron chi connectivity index (χ4n) is 2.69. The molecule has 1 N–H and O–H groups in total. The number of aliphatic hydroxyl groups is 1. The molecule has 1 saturated heterocycles. The Morgan fingerprint density at radius 2 is 1.95 bits per heavy atom. The van der Waals surface area contributed by atoms with Crippen LogP contribution in [0.2, 0.25) is 0 Å². The third-order valence-corrected chi connectivity index (χ3v) is 5.05. The second-order valence-electron chi connectivity index (χ2n) is 5.61. The maximum atomic E-state index is 9.73. The number of ether oxygens (including phenoxy) is 1. The van der Waals surface area contributed by atoms with Crippen molar-refractivity contribution < 1.29 is 9.84 Å². The maximum absolute atomic E-state index is 9.73. The average Bonchev–Trinajstić information content (AvgIpc) is 2.50. The normalized spacial score (nSPS) is 18.5. The Hall–Kier alpha value is -1.49. The van der Waals surface area contributed by atoms with Crippen LogP contribution >= 0.6 is 11.8 Å². The summed E-state index contributed by atoms with van der Waals surface area (Å²) in [5, 5.41) is 9.73. The predicted molar refractivity (Wildman–Crippen MR) is 90.7 cm³/mol. The molecule has 0 saturated carbocycles. The van der Waals surface area contributed by atoms with Gasteiger partial charge in [-0.2, -0.15) is 0 Å². The molecule has 0 amide bonds. The lowest BCUT2D eigenvalue weighted by Gasteiger charge is -2.33. The van der Waals surface area contributed by atoms with Crippen LogP contribution < -0.4 is 4.90 Å². The Morgan fingerprint density at radius 3 is 2.73 bits per heavy atom. The molecule has 2 aromatic rings. The van der Waals surface area contributed by atoms with E-state index in [2.05, 4.69) is 55.1 Å². The van der Waals surface area contributed by atoms with E-state index in [-0.39, 0.29) is 0 Å². The molecule has 0 spiro atoms. The first-order valence-corrected chi connectivity index (χ1v) is 8.34. The van der Waals surface area contributed by atoms with Gasteiger partial charge in [0.15, 0.2) is 6.29 Å². The monoisotopic (exact) mass is 315 g/mol. The maximum Gasteiger partial charge on any atom is 0.172 e. The molecule has 0 aliphatic carbocycles. The largest absolute Gasteiger partial charge is 0.366 e. The van der Waals surface area contributed by atoms with Crippen molar-refractivity contribution in [2.45, 2.75) is 29.9 Å². The van der Waals surface area contributed by atoms with Crippen LogP contribution in [-0.2, 0) is 4.74 Å². The molecule has 1 aliphatic heterocycles. The highest BCUT2D eigenvalue weighted by Gasteiger charge is 2.20. The molecule has 2 aromatic carbocycles. The van der Waals surface area contributed by atoms with Crippen molar-refractivity contribution in [2.24, 2.45) is 0 Å². The zero-order chi connectivity index (χ0) is 15.5. The molecule has 0 aromatic heterocycles. The van der Waals surface area contributed by atoms with Crippen LogP contribution in [0, 0.1) is 13.8 Å². The van der Waals surface area contributed by atoms with Gasteiger partial charge in [0, 0.05) is 16.3 Å². The summed E-state index contributed by atoms with van der Waals surface area (Å²) in [6.45, 7) is 6.15. The molecule has 3 rings (SSSR count). The van der Waals surface area contributed by atoms with Gasteiger partial charge in [-0.15, -0.1) is 0 Å². The smallest absolute Gasteiger partial charge is 0.172 e. The molecule has 116 valence electrons. The molecule has 22 heavy (non-hydrogen) atoms. The van der Waals surface area contributed by atoms with Gasteiger partial charge in [-0.1, -0.05) is 41.6 Å². The number of aliphatic hydroxyl groups excluding tert-OH is 1. The third-order valence-electron chi connectivity index (χ3n) is 3.80. The molecule has 0 bridgehead atoms. The van der Waals surface area contributed by atoms with Gasteiger partial charge in [-0.25, -0.2) is 0 Å². The minimum absolute atomic E-state index is 0.518. The summed E-state index contributed by atoms with van der Waals surface area (Å²) in [4.78, 5) is 4.68. The highest BCUT2D eigenvalue weighted by molar-refractivity contribution is 7.99. The van der Waals surface area contributed by atoms with Crippen LogP contribution in [0.25, 0.3) is 0 Å². The summed E-state index contributed by atoms with van der Waals surface area (Å²) < 4.78 is 5.23. The Labute approximate surface area is 135 Å². The zero-order valence-electron chi connectivity index (χ0n) is 13.0. The van der Waals surface area contributed by atoms with E-state index in [1.54, 1.807) is 11.8 Å². The Morgan fingerprint density at radius 1 is 1.14 bits per heavy atom. The molecule has 1 atom stereocenters. The van der Waals surface area contributed by atoms with E-state index in [0.29, 0.717) is 13.2 Å². The van der Waals surface area contributed by atoms with E-state index >= 15 is 0 Å². The highest BCUT2D eigenvalue weighted by atomic mass is 32.2. The molecular formula is C18H21NO2S. The Balaban J connectivity index is 1.87. The number of rotatable bonds is 3. The van der Waals surface area contributed by atoms with Crippen molar-refractivity contribution in [1.29, 1.82) is 0 Å². The average molecular weight is 315 g/mol. The van der Waals surface area contributed by atoms with Gasteiger partial charge >= 0.3 is 0 Å². The summed E-state index contributed by atoms with van der Waals surface area (Å²) in [6, 6.07) is 14.9. The molecule has 1 heterocycles. The topological polar surface area (TPSA) is 32.7 Å². The molecule has 4 heteroatoms. The van der Waals surface area contributed by atoms with Crippen molar-refractivity contribution >= 4 is 17.4 Å². The number of morpholine rings is 1. The summed E-state index contributed by atoms with van der Waals surface area (Å²) in [5.74, 6) is 0. The zero-order valence-corrected chi connectivity index (χ0v) is 13.8. The van der Waals surface area contributed by atoms with Crippen molar-refractivity contribution in [1.82, 2.24) is 0 Å². The van der Waals surface area contributed by atoms with Crippen molar-refractivity contribution in [3.8, 4) is 0 Å². The fraction of sp³-hybridized carbons (Fsp3) is 0.333. The van der Waals surface area contributed by atoms with Crippen molar-refractivity contribution in [3.63, 3.8) is 0 Å². The molecule has 1 unspecified atom stereocenters. The molecule has 1 aliphatic rings. The number of hydrogen-bond acceptors (Lipinski definition) is 4. The predicted octanol–water partition coefficient (Wildman–Crippen LogP) is 3.61. The molecule has 0 radical (unpaired) electrons. The molecular weight excluding hydrogens is 294 g/mol. The van der Waals surface area contributed by atoms with Gasteiger partial charge in [0.1, 0.15) is 0 Å². The van der Waals surface area contributed by atoms with Gasteiger partial charge in [-0.3, -0.25) is 0 Å². The van der Waals surface area contributed by atoms with Crippen LogP contribution in [0.5, 0.6) is 0 Å². The van der Waals surface area contributed by atoms with Gasteiger partial charge in [-0.05, 0) is 37.6 Å². The number of para-hydroxylation sites is 1. The number of aryl methyl sites for hydroxylation is 2. The molecule has 3 nitrogen and oxygen atoms in total. The van der Waals surface area contributed by atoms with E-state index < -0.39 is 6.29 Å². The van der Waals surface area contributed by atoms with Crippen LogP contribution in [0.15, 0.2) is 52.3 Å². The van der Waals surface area contributed by atoms with Crippen LogP contribution in [0.1, 0.15) is 11.1 Å². The summed E-state index contributed by atoms with van der Waals surface area (Å²) in [5.41, 5.74) is 3.74. The van der Waals surface area contributed by atoms with Crippen LogP contribution in [0.4, 0.5) is 5.69 Å². The lowest BCUT2D eigenvalue weighted by atomic mass is 10.2. The van der Waals surface area contributed by atoms with Gasteiger partial charge in [0.05, 0.1) is 18.8 Å². The minimum Gasteiger partial charge on any atom is -0.366 e. The fourth-order valence-corrected chi connectivity index (χ4v) is 3.73. The summed E-state index contributed by atoms with van der Waals surface area (Å²) in [7, 11) is 0. The molecule has 1 fully saturated rings. The lowest BCUT2D eigenvalue weighted by Crippen LogP contribution is -2.42. The lowest BCUT2D eigenvalue weighted by molar-refractivity contribution is -0.104. The number of β-amino-alcohol motifs (C(OH)–C–C–N with tert-alkyl or cyclic N) is 1. The summed E-state index contributed by atoms with van der Waals surface area (Å²) in [6.07, 6.45) is -0.701. The van der Waals surface area contributed by atoms with Crippen molar-refractivity contribution in [2.75, 3.05) is 24.6 Å². The minimum atomic E-state index is -0.701. The first-order chi connectivity index (χ1) is 10.6.